The average Bonchev–Trinajstić information content (AvgIpc) is 2.44. The topological polar surface area (TPSA) is 52.6 Å². The molecule has 0 aromatic heterocycles. The quantitative estimate of drug-likeness (QED) is 0.307. The van der Waals surface area contributed by atoms with Crippen molar-refractivity contribution in [1.29, 1.82) is 0 Å². The normalized spacial score (nSPS) is 12.2. The first-order chi connectivity index (χ1) is 10.7. The van der Waals surface area contributed by atoms with E-state index in [4.69, 9.17) is 9.47 Å². The van der Waals surface area contributed by atoms with Crippen LogP contribution >= 0.6 is 0 Å². The Morgan fingerprint density at radius 3 is 2.35 bits per heavy atom. The van der Waals surface area contributed by atoms with E-state index in [0.29, 0.717) is 11.5 Å². The Kier molecular flexibility index (Phi) is 7.01. The van der Waals surface area contributed by atoms with E-state index in [1.807, 2.05) is 19.9 Å². The second-order valence-corrected chi connectivity index (χ2v) is 6.89. The van der Waals surface area contributed by atoms with Crippen molar-refractivity contribution < 1.29 is 19.1 Å². The molecule has 0 bridgehead atoms. The molecule has 0 heterocycles. The van der Waals surface area contributed by atoms with E-state index in [1.54, 1.807) is 31.2 Å². The number of hydrogen-bond acceptors (Lipinski definition) is 4. The summed E-state index contributed by atoms with van der Waals surface area (Å²) in [7, 11) is 0. The molecule has 0 aliphatic carbocycles. The molecule has 23 heavy (non-hydrogen) atoms. The summed E-state index contributed by atoms with van der Waals surface area (Å²) >= 11 is 0. The van der Waals surface area contributed by atoms with Gasteiger partial charge in [0.25, 0.3) is 0 Å². The molecule has 0 fully saturated rings. The fourth-order valence-corrected chi connectivity index (χ4v) is 2.48. The summed E-state index contributed by atoms with van der Waals surface area (Å²) < 4.78 is 10.2. The summed E-state index contributed by atoms with van der Waals surface area (Å²) in [5, 5.41) is 0. The van der Waals surface area contributed by atoms with Gasteiger partial charge in [0.1, 0.15) is 12.4 Å². The highest BCUT2D eigenvalue weighted by Crippen LogP contribution is 2.25. The maximum atomic E-state index is 12.0. The van der Waals surface area contributed by atoms with Crippen LogP contribution in [0.2, 0.25) is 0 Å². The molecular formula is C19H26O4. The second kappa shape index (κ2) is 8.51. The molecule has 1 aromatic rings. The molecule has 1 aromatic carbocycles. The van der Waals surface area contributed by atoms with Crippen molar-refractivity contribution in [3.05, 3.63) is 47.7 Å². The van der Waals surface area contributed by atoms with Crippen LogP contribution in [0.1, 0.15) is 51.4 Å². The lowest BCUT2D eigenvalue weighted by Gasteiger charge is -2.25. The van der Waals surface area contributed by atoms with Crippen LogP contribution < -0.4 is 0 Å². The van der Waals surface area contributed by atoms with Gasteiger partial charge in [-0.2, -0.15) is 0 Å². The fourth-order valence-electron chi connectivity index (χ4n) is 2.48. The van der Waals surface area contributed by atoms with E-state index in [1.165, 1.54) is 6.08 Å². The number of allylic oxidation sites excluding steroid dienone is 2. The van der Waals surface area contributed by atoms with Gasteiger partial charge in [-0.25, -0.2) is 4.79 Å². The Balaban J connectivity index is 2.50. The Labute approximate surface area is 138 Å². The fraction of sp³-hybridized carbons (Fsp3) is 0.474. The first-order valence-electron chi connectivity index (χ1n) is 7.82. The lowest BCUT2D eigenvalue weighted by Crippen LogP contribution is -2.24. The zero-order valence-corrected chi connectivity index (χ0v) is 14.6. The molecule has 0 aliphatic heterocycles. The minimum absolute atomic E-state index is 0.106. The van der Waals surface area contributed by atoms with Crippen LogP contribution in [0.4, 0.5) is 4.79 Å². The highest BCUT2D eigenvalue weighted by molar-refractivity contribution is 6.04. The maximum absolute atomic E-state index is 12.0. The first kappa shape index (κ1) is 18.9. The van der Waals surface area contributed by atoms with Gasteiger partial charge in [-0.05, 0) is 24.7 Å². The monoisotopic (exact) mass is 318 g/mol. The van der Waals surface area contributed by atoms with E-state index >= 15 is 0 Å². The van der Waals surface area contributed by atoms with Gasteiger partial charge in [-0.3, -0.25) is 4.79 Å². The molecule has 0 atom stereocenters. The lowest BCUT2D eigenvalue weighted by molar-refractivity contribution is 0.0405. The molecule has 0 saturated heterocycles. The highest BCUT2D eigenvalue weighted by Gasteiger charge is 2.22. The molecular weight excluding hydrogens is 292 g/mol. The van der Waals surface area contributed by atoms with Gasteiger partial charge in [0.15, 0.2) is 5.78 Å². The van der Waals surface area contributed by atoms with Gasteiger partial charge >= 0.3 is 6.16 Å². The smallest absolute Gasteiger partial charge is 0.433 e. The molecule has 0 saturated carbocycles. The van der Waals surface area contributed by atoms with E-state index in [2.05, 4.69) is 13.8 Å². The molecule has 4 nitrogen and oxygen atoms in total. The zero-order valence-electron chi connectivity index (χ0n) is 14.6. The van der Waals surface area contributed by atoms with Gasteiger partial charge in [0.05, 0.1) is 0 Å². The summed E-state index contributed by atoms with van der Waals surface area (Å²) in [5.41, 5.74) is 0.437. The predicted molar refractivity (Wildman–Crippen MR) is 90.2 cm³/mol. The minimum Gasteiger partial charge on any atom is -0.433 e. The van der Waals surface area contributed by atoms with Crippen LogP contribution in [-0.2, 0) is 9.47 Å². The van der Waals surface area contributed by atoms with E-state index in [0.717, 1.165) is 6.42 Å². The number of benzene rings is 1. The van der Waals surface area contributed by atoms with E-state index < -0.39 is 6.16 Å². The zero-order chi connectivity index (χ0) is 17.5. The molecule has 0 radical (unpaired) electrons. The minimum atomic E-state index is -0.781. The van der Waals surface area contributed by atoms with Crippen molar-refractivity contribution in [2.45, 2.75) is 41.0 Å². The Morgan fingerprint density at radius 1 is 1.17 bits per heavy atom. The molecule has 0 amide bonds. The maximum Gasteiger partial charge on any atom is 0.513 e. The summed E-state index contributed by atoms with van der Waals surface area (Å²) in [6, 6.07) is 8.81. The Bertz CT molecular complexity index is 556. The summed E-state index contributed by atoms with van der Waals surface area (Å²) in [6.07, 6.45) is 1.45. The van der Waals surface area contributed by atoms with Crippen LogP contribution in [0.3, 0.4) is 0 Å². The van der Waals surface area contributed by atoms with Gasteiger partial charge in [0.2, 0.25) is 0 Å². The number of carbonyl (C=O) groups is 2. The van der Waals surface area contributed by atoms with Crippen molar-refractivity contribution in [3.8, 4) is 0 Å². The van der Waals surface area contributed by atoms with Crippen molar-refractivity contribution in [2.75, 3.05) is 6.61 Å². The Morgan fingerprint density at radius 2 is 1.78 bits per heavy atom. The molecule has 1 rings (SSSR count). The van der Waals surface area contributed by atoms with Crippen molar-refractivity contribution in [1.82, 2.24) is 0 Å². The Hall–Kier alpha value is -2.10. The van der Waals surface area contributed by atoms with E-state index in [-0.39, 0.29) is 23.6 Å². The first-order valence-corrected chi connectivity index (χ1v) is 7.82. The van der Waals surface area contributed by atoms with Crippen LogP contribution in [0.15, 0.2) is 42.2 Å². The summed E-state index contributed by atoms with van der Waals surface area (Å²) in [6.45, 7) is 10.2. The van der Waals surface area contributed by atoms with Crippen molar-refractivity contribution in [3.63, 3.8) is 0 Å². The van der Waals surface area contributed by atoms with Gasteiger partial charge in [-0.1, -0.05) is 58.0 Å². The molecule has 0 unspecified atom stereocenters. The van der Waals surface area contributed by atoms with Crippen molar-refractivity contribution >= 4 is 11.9 Å². The van der Waals surface area contributed by atoms with Crippen LogP contribution in [0, 0.1) is 11.3 Å². The third kappa shape index (κ3) is 7.63. The highest BCUT2D eigenvalue weighted by atomic mass is 16.7. The second-order valence-electron chi connectivity index (χ2n) is 6.89. The average molecular weight is 318 g/mol. The predicted octanol–water partition coefficient (Wildman–Crippen LogP) is 5.00. The molecule has 4 heteroatoms. The van der Waals surface area contributed by atoms with E-state index in [9.17, 15) is 9.59 Å². The molecule has 126 valence electrons. The van der Waals surface area contributed by atoms with Gasteiger partial charge in [0, 0.05) is 11.6 Å². The molecule has 0 N–H and O–H groups in total. The number of rotatable bonds is 7. The standard InChI is InChI=1S/C19H26O4/c1-14(2)12-19(4,5)13-22-18(21)23-15(3)11-17(20)16-9-7-6-8-10-16/h6-11,14H,12-13H2,1-5H3/b15-11+. The van der Waals surface area contributed by atoms with Gasteiger partial charge < -0.3 is 9.47 Å². The number of ketones is 1. The third-order valence-corrected chi connectivity index (χ3v) is 3.18. The number of carbonyl (C=O) groups excluding carboxylic acids is 2. The van der Waals surface area contributed by atoms with Crippen LogP contribution in [-0.4, -0.2) is 18.5 Å². The number of hydrogen-bond donors (Lipinski definition) is 0. The van der Waals surface area contributed by atoms with Crippen LogP contribution in [0.25, 0.3) is 0 Å². The van der Waals surface area contributed by atoms with Crippen LogP contribution in [0.5, 0.6) is 0 Å². The summed E-state index contributed by atoms with van der Waals surface area (Å²) in [4.78, 5) is 23.7. The molecule has 0 aliphatic rings. The third-order valence-electron chi connectivity index (χ3n) is 3.18. The summed E-state index contributed by atoms with van der Waals surface area (Å²) in [5.74, 6) is 0.524. The van der Waals surface area contributed by atoms with Crippen molar-refractivity contribution in [2.24, 2.45) is 11.3 Å². The van der Waals surface area contributed by atoms with Gasteiger partial charge in [-0.15, -0.1) is 0 Å². The molecule has 0 spiro atoms. The lowest BCUT2D eigenvalue weighted by atomic mass is 9.85. The largest absolute Gasteiger partial charge is 0.513 e. The number of ether oxygens (including phenoxy) is 2. The SMILES string of the molecule is C/C(=C\C(=O)c1ccccc1)OC(=O)OCC(C)(C)CC(C)C.